The Hall–Kier alpha value is -3.11. The molecule has 32 heavy (non-hydrogen) atoms. The molecule has 164 valence electrons. The van der Waals surface area contributed by atoms with E-state index < -0.39 is 17.7 Å². The Morgan fingerprint density at radius 2 is 1.44 bits per heavy atom. The van der Waals surface area contributed by atoms with E-state index in [1.165, 1.54) is 22.3 Å². The molecule has 1 fully saturated rings. The number of benzene rings is 3. The van der Waals surface area contributed by atoms with Crippen molar-refractivity contribution in [2.75, 3.05) is 6.61 Å². The maximum atomic E-state index is 12.9. The smallest absolute Gasteiger partial charge is 0.407 e. The van der Waals surface area contributed by atoms with Crippen molar-refractivity contribution in [3.05, 3.63) is 95.6 Å². The van der Waals surface area contributed by atoms with Crippen LogP contribution in [0.5, 0.6) is 0 Å². The van der Waals surface area contributed by atoms with Gasteiger partial charge in [0.15, 0.2) is 0 Å². The van der Waals surface area contributed by atoms with Crippen molar-refractivity contribution >= 4 is 6.09 Å². The van der Waals surface area contributed by atoms with Crippen molar-refractivity contribution in [3.63, 3.8) is 0 Å². The normalized spacial score (nSPS) is 17.8. The zero-order chi connectivity index (χ0) is 22.0. The van der Waals surface area contributed by atoms with Crippen molar-refractivity contribution in [2.24, 2.45) is 0 Å². The summed E-state index contributed by atoms with van der Waals surface area (Å²) in [6.45, 7) is 0.264. The molecule has 1 saturated carbocycles. The summed E-state index contributed by atoms with van der Waals surface area (Å²) in [6, 6.07) is 25.9. The van der Waals surface area contributed by atoms with Crippen LogP contribution in [0, 0.1) is 0 Å². The molecule has 2 aliphatic carbocycles. The number of hydrogen-bond donors (Lipinski definition) is 2. The highest BCUT2D eigenvalue weighted by molar-refractivity contribution is 5.79. The largest absolute Gasteiger partial charge is 0.449 e. The third kappa shape index (κ3) is 3.91. The van der Waals surface area contributed by atoms with Crippen LogP contribution in [0.25, 0.3) is 11.1 Å². The minimum absolute atomic E-state index is 0.0149. The number of ether oxygens (including phenoxy) is 1. The van der Waals surface area contributed by atoms with Gasteiger partial charge in [0, 0.05) is 5.92 Å². The van der Waals surface area contributed by atoms with Gasteiger partial charge in [-0.1, -0.05) is 98.1 Å². The van der Waals surface area contributed by atoms with E-state index in [2.05, 4.69) is 29.6 Å². The Morgan fingerprint density at radius 3 is 2.06 bits per heavy atom. The van der Waals surface area contributed by atoms with Gasteiger partial charge in [0.1, 0.15) is 6.61 Å². The maximum Gasteiger partial charge on any atom is 0.407 e. The van der Waals surface area contributed by atoms with E-state index in [0.717, 1.165) is 24.8 Å². The van der Waals surface area contributed by atoms with Gasteiger partial charge in [-0.3, -0.25) is 0 Å². The van der Waals surface area contributed by atoms with Crippen LogP contribution in [0.2, 0.25) is 0 Å². The Bertz CT molecular complexity index is 1040. The van der Waals surface area contributed by atoms with Crippen molar-refractivity contribution in [1.29, 1.82) is 0 Å². The third-order valence-corrected chi connectivity index (χ3v) is 7.00. The number of aliphatic hydroxyl groups is 1. The van der Waals surface area contributed by atoms with Gasteiger partial charge in [0.05, 0.1) is 11.6 Å². The van der Waals surface area contributed by atoms with E-state index in [-0.39, 0.29) is 12.5 Å². The lowest BCUT2D eigenvalue weighted by Gasteiger charge is -2.39. The number of hydrogen-bond acceptors (Lipinski definition) is 3. The van der Waals surface area contributed by atoms with E-state index in [0.29, 0.717) is 12.8 Å². The molecule has 1 unspecified atom stereocenters. The van der Waals surface area contributed by atoms with Crippen LogP contribution < -0.4 is 5.32 Å². The van der Waals surface area contributed by atoms with Gasteiger partial charge in [-0.2, -0.15) is 0 Å². The summed E-state index contributed by atoms with van der Waals surface area (Å²) < 4.78 is 5.77. The topological polar surface area (TPSA) is 58.6 Å². The summed E-state index contributed by atoms with van der Waals surface area (Å²) in [5, 5.41) is 14.4. The van der Waals surface area contributed by atoms with E-state index in [1.54, 1.807) is 0 Å². The lowest BCUT2D eigenvalue weighted by molar-refractivity contribution is -0.0314. The average Bonchev–Trinajstić information content (AvgIpc) is 3.16. The first-order valence-corrected chi connectivity index (χ1v) is 11.5. The molecule has 1 atom stereocenters. The molecular weight excluding hydrogens is 398 g/mol. The van der Waals surface area contributed by atoms with Gasteiger partial charge in [-0.25, -0.2) is 4.79 Å². The molecule has 4 heteroatoms. The van der Waals surface area contributed by atoms with Crippen LogP contribution in [-0.4, -0.2) is 23.4 Å². The average molecular weight is 428 g/mol. The quantitative estimate of drug-likeness (QED) is 0.528. The highest BCUT2D eigenvalue weighted by Gasteiger charge is 2.40. The summed E-state index contributed by atoms with van der Waals surface area (Å²) in [5.41, 5.74) is 4.74. The highest BCUT2D eigenvalue weighted by atomic mass is 16.5. The van der Waals surface area contributed by atoms with Gasteiger partial charge in [-0.15, -0.1) is 0 Å². The van der Waals surface area contributed by atoms with Crippen molar-refractivity contribution in [1.82, 2.24) is 5.32 Å². The number of rotatable bonds is 5. The molecule has 0 saturated heterocycles. The van der Waals surface area contributed by atoms with Gasteiger partial charge >= 0.3 is 6.09 Å². The SMILES string of the molecule is O=C(NC(c1ccccc1)C1(O)CCCCC1)OCC1c2ccccc2-c2ccccc21. The van der Waals surface area contributed by atoms with Gasteiger partial charge < -0.3 is 15.2 Å². The lowest BCUT2D eigenvalue weighted by Crippen LogP contribution is -2.47. The zero-order valence-electron chi connectivity index (χ0n) is 18.2. The molecule has 1 amide bonds. The fourth-order valence-corrected chi connectivity index (χ4v) is 5.38. The van der Waals surface area contributed by atoms with E-state index in [9.17, 15) is 9.90 Å². The Morgan fingerprint density at radius 1 is 0.875 bits per heavy atom. The standard InChI is InChI=1S/C28H29NO3/c30-27(29-26(20-11-3-1-4-12-20)28(31)17-9-2-10-18-28)32-19-25-23-15-7-5-13-21(23)22-14-6-8-16-24(22)25/h1,3-8,11-16,25-26,31H,2,9-10,17-19H2,(H,29,30). The molecule has 0 radical (unpaired) electrons. The minimum Gasteiger partial charge on any atom is -0.449 e. The monoisotopic (exact) mass is 427 g/mol. The van der Waals surface area contributed by atoms with E-state index in [4.69, 9.17) is 4.74 Å². The van der Waals surface area contributed by atoms with Crippen LogP contribution in [-0.2, 0) is 4.74 Å². The van der Waals surface area contributed by atoms with Crippen LogP contribution >= 0.6 is 0 Å². The number of carbonyl (C=O) groups excluding carboxylic acids is 1. The summed E-state index contributed by atoms with van der Waals surface area (Å²) >= 11 is 0. The highest BCUT2D eigenvalue weighted by Crippen LogP contribution is 2.44. The van der Waals surface area contributed by atoms with Crippen LogP contribution in [0.4, 0.5) is 4.79 Å². The molecule has 2 aliphatic rings. The van der Waals surface area contributed by atoms with Gasteiger partial charge in [-0.05, 0) is 40.7 Å². The van der Waals surface area contributed by atoms with Crippen molar-refractivity contribution in [3.8, 4) is 11.1 Å². The molecule has 5 rings (SSSR count). The van der Waals surface area contributed by atoms with Crippen molar-refractivity contribution in [2.45, 2.75) is 49.7 Å². The molecule has 2 N–H and O–H groups in total. The predicted octanol–water partition coefficient (Wildman–Crippen LogP) is 5.96. The molecule has 0 aromatic heterocycles. The van der Waals surface area contributed by atoms with E-state index in [1.807, 2.05) is 54.6 Å². The van der Waals surface area contributed by atoms with Crippen LogP contribution in [0.1, 0.15) is 60.8 Å². The molecule has 0 spiro atoms. The first-order chi connectivity index (χ1) is 15.7. The number of amides is 1. The molecule has 3 aromatic carbocycles. The fraction of sp³-hybridized carbons (Fsp3) is 0.321. The zero-order valence-corrected chi connectivity index (χ0v) is 18.2. The Labute approximate surface area is 189 Å². The molecule has 0 heterocycles. The van der Waals surface area contributed by atoms with Crippen LogP contribution in [0.15, 0.2) is 78.9 Å². The number of fused-ring (bicyclic) bond motifs is 3. The first-order valence-electron chi connectivity index (χ1n) is 11.5. The third-order valence-electron chi connectivity index (χ3n) is 7.00. The van der Waals surface area contributed by atoms with Crippen molar-refractivity contribution < 1.29 is 14.6 Å². The Kier molecular flexibility index (Phi) is 5.71. The number of carbonyl (C=O) groups is 1. The van der Waals surface area contributed by atoms with Gasteiger partial charge in [0.25, 0.3) is 0 Å². The second-order valence-corrected chi connectivity index (χ2v) is 8.98. The first kappa shape index (κ1) is 20.8. The second-order valence-electron chi connectivity index (χ2n) is 8.98. The summed E-state index contributed by atoms with van der Waals surface area (Å²) in [6.07, 6.45) is 3.92. The van der Waals surface area contributed by atoms with Crippen LogP contribution in [0.3, 0.4) is 0 Å². The molecule has 3 aromatic rings. The second kappa shape index (κ2) is 8.79. The molecular formula is C28H29NO3. The summed E-state index contributed by atoms with van der Waals surface area (Å²) in [5.74, 6) is 0.0149. The molecule has 0 aliphatic heterocycles. The maximum absolute atomic E-state index is 12.9. The summed E-state index contributed by atoms with van der Waals surface area (Å²) in [4.78, 5) is 12.9. The number of alkyl carbamates (subject to hydrolysis) is 1. The minimum atomic E-state index is -0.953. The summed E-state index contributed by atoms with van der Waals surface area (Å²) in [7, 11) is 0. The fourth-order valence-electron chi connectivity index (χ4n) is 5.38. The van der Waals surface area contributed by atoms with Gasteiger partial charge in [0.2, 0.25) is 0 Å². The van der Waals surface area contributed by atoms with E-state index >= 15 is 0 Å². The Balaban J connectivity index is 1.33. The number of nitrogens with one attached hydrogen (secondary N) is 1. The molecule has 4 nitrogen and oxygen atoms in total. The lowest BCUT2D eigenvalue weighted by atomic mass is 9.77. The predicted molar refractivity (Wildman–Crippen MR) is 125 cm³/mol. The molecule has 0 bridgehead atoms.